The van der Waals surface area contributed by atoms with Crippen molar-refractivity contribution in [2.75, 3.05) is 7.11 Å². The second-order valence-corrected chi connectivity index (χ2v) is 4.00. The molecule has 0 saturated carbocycles. The Balaban J connectivity index is 2.50. The zero-order valence-corrected chi connectivity index (χ0v) is 10.3. The largest absolute Gasteiger partial charge is 0.505 e. The Bertz CT molecular complexity index is 599. The van der Waals surface area contributed by atoms with Crippen LogP contribution in [0.3, 0.4) is 0 Å². The zero-order valence-electron chi connectivity index (χ0n) is 9.55. The minimum Gasteiger partial charge on any atom is -0.505 e. The van der Waals surface area contributed by atoms with Crippen LogP contribution in [0.1, 0.15) is 10.5 Å². The van der Waals surface area contributed by atoms with Crippen LogP contribution < -0.4 is 0 Å². The predicted molar refractivity (Wildman–Crippen MR) is 67.7 cm³/mol. The molecule has 5 heteroatoms. The SMILES string of the molecule is COC(=O)c1nc(-c2cccc(Cl)c2)ccc1O. The highest BCUT2D eigenvalue weighted by Gasteiger charge is 2.14. The highest BCUT2D eigenvalue weighted by atomic mass is 35.5. The molecule has 1 aromatic carbocycles. The van der Waals surface area contributed by atoms with E-state index in [1.165, 1.54) is 13.2 Å². The topological polar surface area (TPSA) is 59.4 Å². The third-order valence-electron chi connectivity index (χ3n) is 2.37. The monoisotopic (exact) mass is 263 g/mol. The lowest BCUT2D eigenvalue weighted by molar-refractivity contribution is 0.0590. The number of methoxy groups -OCH3 is 1. The Kier molecular flexibility index (Phi) is 3.48. The van der Waals surface area contributed by atoms with Gasteiger partial charge in [-0.05, 0) is 24.3 Å². The van der Waals surface area contributed by atoms with E-state index in [9.17, 15) is 9.90 Å². The minimum absolute atomic E-state index is 0.116. The van der Waals surface area contributed by atoms with Crippen molar-refractivity contribution in [1.82, 2.24) is 4.98 Å². The van der Waals surface area contributed by atoms with E-state index in [1.807, 2.05) is 6.07 Å². The maximum Gasteiger partial charge on any atom is 0.360 e. The summed E-state index contributed by atoms with van der Waals surface area (Å²) in [6.45, 7) is 0. The number of halogens is 1. The van der Waals surface area contributed by atoms with Crippen molar-refractivity contribution < 1.29 is 14.6 Å². The molecule has 0 fully saturated rings. The van der Waals surface area contributed by atoms with E-state index >= 15 is 0 Å². The molecule has 0 saturated heterocycles. The smallest absolute Gasteiger partial charge is 0.360 e. The highest BCUT2D eigenvalue weighted by Crippen LogP contribution is 2.24. The number of aromatic nitrogens is 1. The fourth-order valence-electron chi connectivity index (χ4n) is 1.51. The molecule has 4 nitrogen and oxygen atoms in total. The van der Waals surface area contributed by atoms with Crippen LogP contribution in [0.5, 0.6) is 5.75 Å². The van der Waals surface area contributed by atoms with E-state index in [1.54, 1.807) is 24.3 Å². The summed E-state index contributed by atoms with van der Waals surface area (Å²) in [6.07, 6.45) is 0. The first-order valence-corrected chi connectivity index (χ1v) is 5.54. The van der Waals surface area contributed by atoms with E-state index in [0.717, 1.165) is 5.56 Å². The Morgan fingerprint density at radius 1 is 1.33 bits per heavy atom. The van der Waals surface area contributed by atoms with Crippen LogP contribution >= 0.6 is 11.6 Å². The number of ether oxygens (including phenoxy) is 1. The van der Waals surface area contributed by atoms with Gasteiger partial charge in [0.2, 0.25) is 0 Å². The van der Waals surface area contributed by atoms with Crippen molar-refractivity contribution in [2.45, 2.75) is 0 Å². The Morgan fingerprint density at radius 3 is 2.78 bits per heavy atom. The van der Waals surface area contributed by atoms with Crippen LogP contribution in [0.2, 0.25) is 5.02 Å². The number of nitrogens with zero attached hydrogens (tertiary/aromatic N) is 1. The zero-order chi connectivity index (χ0) is 13.1. The number of carbonyl (C=O) groups excluding carboxylic acids is 1. The molecule has 2 rings (SSSR count). The van der Waals surface area contributed by atoms with E-state index in [-0.39, 0.29) is 11.4 Å². The second kappa shape index (κ2) is 5.06. The number of benzene rings is 1. The summed E-state index contributed by atoms with van der Waals surface area (Å²) in [4.78, 5) is 15.5. The summed E-state index contributed by atoms with van der Waals surface area (Å²) in [7, 11) is 1.23. The van der Waals surface area contributed by atoms with E-state index in [4.69, 9.17) is 11.6 Å². The standard InChI is InChI=1S/C13H10ClNO3/c1-18-13(17)12-11(16)6-5-10(15-12)8-3-2-4-9(14)7-8/h2-7,16H,1H3. The summed E-state index contributed by atoms with van der Waals surface area (Å²) >= 11 is 5.89. The van der Waals surface area contributed by atoms with Gasteiger partial charge in [-0.1, -0.05) is 23.7 Å². The summed E-state index contributed by atoms with van der Waals surface area (Å²) in [5.74, 6) is -0.899. The van der Waals surface area contributed by atoms with Crippen LogP contribution in [0.4, 0.5) is 0 Å². The second-order valence-electron chi connectivity index (χ2n) is 3.57. The Labute approximate surface area is 109 Å². The molecule has 1 heterocycles. The van der Waals surface area contributed by atoms with Gasteiger partial charge in [-0.15, -0.1) is 0 Å². The normalized spacial score (nSPS) is 10.1. The molecule has 0 amide bonds. The molecule has 0 aliphatic heterocycles. The van der Waals surface area contributed by atoms with Gasteiger partial charge in [0.05, 0.1) is 12.8 Å². The molecule has 2 aromatic rings. The van der Waals surface area contributed by atoms with Crippen LogP contribution in [-0.2, 0) is 4.74 Å². The summed E-state index contributed by atoms with van der Waals surface area (Å²) in [6, 6.07) is 10.1. The lowest BCUT2D eigenvalue weighted by Crippen LogP contribution is -2.05. The summed E-state index contributed by atoms with van der Waals surface area (Å²) in [5.41, 5.74) is 1.18. The molecule has 0 aliphatic carbocycles. The Hall–Kier alpha value is -2.07. The first-order valence-electron chi connectivity index (χ1n) is 5.16. The van der Waals surface area contributed by atoms with Gasteiger partial charge in [-0.3, -0.25) is 0 Å². The molecule has 0 unspecified atom stereocenters. The fourth-order valence-corrected chi connectivity index (χ4v) is 1.70. The molecule has 0 atom stereocenters. The summed E-state index contributed by atoms with van der Waals surface area (Å²) in [5, 5.41) is 10.1. The first kappa shape index (κ1) is 12.4. The minimum atomic E-state index is -0.684. The van der Waals surface area contributed by atoms with Crippen molar-refractivity contribution in [2.24, 2.45) is 0 Å². The van der Waals surface area contributed by atoms with E-state index < -0.39 is 5.97 Å². The molecular weight excluding hydrogens is 254 g/mol. The number of carbonyl (C=O) groups is 1. The van der Waals surface area contributed by atoms with Gasteiger partial charge in [-0.2, -0.15) is 0 Å². The molecule has 18 heavy (non-hydrogen) atoms. The van der Waals surface area contributed by atoms with Gasteiger partial charge >= 0.3 is 5.97 Å². The van der Waals surface area contributed by atoms with Crippen LogP contribution in [0.25, 0.3) is 11.3 Å². The first-order chi connectivity index (χ1) is 8.61. The van der Waals surface area contributed by atoms with Crippen molar-refractivity contribution in [3.8, 4) is 17.0 Å². The van der Waals surface area contributed by atoms with Gasteiger partial charge < -0.3 is 9.84 Å². The molecule has 1 aromatic heterocycles. The number of hydrogen-bond acceptors (Lipinski definition) is 4. The van der Waals surface area contributed by atoms with Crippen LogP contribution in [0, 0.1) is 0 Å². The fraction of sp³-hybridized carbons (Fsp3) is 0.0769. The molecule has 1 N–H and O–H groups in total. The van der Waals surface area contributed by atoms with E-state index in [0.29, 0.717) is 10.7 Å². The number of pyridine rings is 1. The van der Waals surface area contributed by atoms with Crippen molar-refractivity contribution in [3.63, 3.8) is 0 Å². The Morgan fingerprint density at radius 2 is 2.11 bits per heavy atom. The predicted octanol–water partition coefficient (Wildman–Crippen LogP) is 2.89. The maximum atomic E-state index is 11.4. The van der Waals surface area contributed by atoms with Crippen molar-refractivity contribution >= 4 is 17.6 Å². The van der Waals surface area contributed by atoms with Crippen molar-refractivity contribution in [1.29, 1.82) is 0 Å². The number of hydrogen-bond donors (Lipinski definition) is 1. The lowest BCUT2D eigenvalue weighted by Gasteiger charge is -2.05. The summed E-state index contributed by atoms with van der Waals surface area (Å²) < 4.78 is 4.54. The lowest BCUT2D eigenvalue weighted by atomic mass is 10.1. The number of aromatic hydroxyl groups is 1. The molecule has 92 valence electrons. The van der Waals surface area contributed by atoms with Crippen LogP contribution in [0.15, 0.2) is 36.4 Å². The quantitative estimate of drug-likeness (QED) is 0.847. The van der Waals surface area contributed by atoms with Gasteiger partial charge in [0, 0.05) is 10.6 Å². The average molecular weight is 264 g/mol. The van der Waals surface area contributed by atoms with E-state index in [2.05, 4.69) is 9.72 Å². The van der Waals surface area contributed by atoms with Gasteiger partial charge in [-0.25, -0.2) is 9.78 Å². The molecule has 0 aliphatic rings. The third-order valence-corrected chi connectivity index (χ3v) is 2.61. The van der Waals surface area contributed by atoms with Gasteiger partial charge in [0.25, 0.3) is 0 Å². The van der Waals surface area contributed by atoms with Crippen molar-refractivity contribution in [3.05, 3.63) is 47.1 Å². The van der Waals surface area contributed by atoms with Gasteiger partial charge in [0.15, 0.2) is 5.69 Å². The number of rotatable bonds is 2. The van der Waals surface area contributed by atoms with Crippen LogP contribution in [-0.4, -0.2) is 23.2 Å². The molecule has 0 spiro atoms. The molecular formula is C13H10ClNO3. The average Bonchev–Trinajstić information content (AvgIpc) is 2.38. The third kappa shape index (κ3) is 2.43. The molecule has 0 bridgehead atoms. The molecule has 0 radical (unpaired) electrons. The van der Waals surface area contributed by atoms with Gasteiger partial charge in [0.1, 0.15) is 5.75 Å². The number of esters is 1. The maximum absolute atomic E-state index is 11.4. The highest BCUT2D eigenvalue weighted by molar-refractivity contribution is 6.30.